The number of carboxylic acid groups (broad SMARTS) is 1. The summed E-state index contributed by atoms with van der Waals surface area (Å²) >= 11 is 0. The molecular weight excluding hydrogens is 266 g/mol. The molecule has 0 bridgehead atoms. The van der Waals surface area contributed by atoms with Gasteiger partial charge in [0.05, 0.1) is 12.7 Å². The maximum atomic E-state index is 11.1. The van der Waals surface area contributed by atoms with Gasteiger partial charge in [0.1, 0.15) is 0 Å². The second-order valence-electron chi connectivity index (χ2n) is 3.62. The highest BCUT2D eigenvalue weighted by atomic mass is 16.5. The summed E-state index contributed by atoms with van der Waals surface area (Å²) in [5, 5.41) is 15.6. The third-order valence-corrected chi connectivity index (χ3v) is 2.11. The fourth-order valence-electron chi connectivity index (χ4n) is 1.15. The molecule has 0 radical (unpaired) electrons. The van der Waals surface area contributed by atoms with E-state index in [1.165, 1.54) is 0 Å². The van der Waals surface area contributed by atoms with Crippen LogP contribution >= 0.6 is 0 Å². The van der Waals surface area contributed by atoms with Crippen LogP contribution in [0.25, 0.3) is 0 Å². The average molecular weight is 285 g/mol. The zero-order valence-corrected chi connectivity index (χ0v) is 11.1. The topological polar surface area (TPSA) is 117 Å². The number of hydrogen-bond donors (Lipinski definition) is 4. The highest BCUT2D eigenvalue weighted by molar-refractivity contribution is 5.87. The molecule has 0 aliphatic carbocycles. The van der Waals surface area contributed by atoms with Crippen molar-refractivity contribution in [3.63, 3.8) is 0 Å². The van der Waals surface area contributed by atoms with E-state index in [-0.39, 0.29) is 38.1 Å². The van der Waals surface area contributed by atoms with E-state index >= 15 is 0 Å². The van der Waals surface area contributed by atoms with Gasteiger partial charge >= 0.3 is 6.09 Å². The molecule has 0 aliphatic rings. The molecule has 0 aliphatic heterocycles. The van der Waals surface area contributed by atoms with E-state index in [9.17, 15) is 14.4 Å². The standard InChI is InChI=1S/C12H19N3O5/c1-3-10(16)14-7-9(8-15-11(17)4-2)20-6-5-13-12(18)19/h3-4,9,13H,1-2,5-8H2,(H,14,16)(H,15,17)(H,18,19). The van der Waals surface area contributed by atoms with Gasteiger partial charge in [0, 0.05) is 19.6 Å². The summed E-state index contributed by atoms with van der Waals surface area (Å²) in [5.74, 6) is -0.727. The first-order valence-electron chi connectivity index (χ1n) is 5.88. The summed E-state index contributed by atoms with van der Waals surface area (Å²) in [6.45, 7) is 7.17. The van der Waals surface area contributed by atoms with Gasteiger partial charge in [-0.15, -0.1) is 0 Å². The lowest BCUT2D eigenvalue weighted by atomic mass is 10.3. The van der Waals surface area contributed by atoms with Crippen LogP contribution in [0.5, 0.6) is 0 Å². The van der Waals surface area contributed by atoms with Gasteiger partial charge in [-0.2, -0.15) is 0 Å². The molecule has 0 heterocycles. The largest absolute Gasteiger partial charge is 0.465 e. The Bertz CT molecular complexity index is 346. The van der Waals surface area contributed by atoms with Crippen molar-refractivity contribution in [2.24, 2.45) is 0 Å². The van der Waals surface area contributed by atoms with E-state index in [1.54, 1.807) is 0 Å². The van der Waals surface area contributed by atoms with Crippen molar-refractivity contribution < 1.29 is 24.2 Å². The molecule has 0 saturated carbocycles. The van der Waals surface area contributed by atoms with Crippen molar-refractivity contribution in [1.29, 1.82) is 0 Å². The Morgan fingerprint density at radius 1 is 1.05 bits per heavy atom. The number of carbonyl (C=O) groups excluding carboxylic acids is 2. The lowest BCUT2D eigenvalue weighted by molar-refractivity contribution is -0.117. The SMILES string of the molecule is C=CC(=O)NCC(CNC(=O)C=C)OCCNC(=O)O. The highest BCUT2D eigenvalue weighted by Crippen LogP contribution is 1.90. The van der Waals surface area contributed by atoms with Gasteiger partial charge in [0.2, 0.25) is 11.8 Å². The molecule has 112 valence electrons. The van der Waals surface area contributed by atoms with Crippen molar-refractivity contribution in [2.75, 3.05) is 26.2 Å². The summed E-state index contributed by atoms with van der Waals surface area (Å²) in [5.41, 5.74) is 0. The smallest absolute Gasteiger partial charge is 0.404 e. The maximum Gasteiger partial charge on any atom is 0.404 e. The van der Waals surface area contributed by atoms with Crippen LogP contribution in [0.3, 0.4) is 0 Å². The molecule has 4 N–H and O–H groups in total. The van der Waals surface area contributed by atoms with Crippen LogP contribution in [0.4, 0.5) is 4.79 Å². The van der Waals surface area contributed by atoms with E-state index < -0.39 is 12.2 Å². The molecule has 0 rings (SSSR count). The monoisotopic (exact) mass is 285 g/mol. The molecule has 3 amide bonds. The molecular formula is C12H19N3O5. The number of carbonyl (C=O) groups is 3. The van der Waals surface area contributed by atoms with Crippen LogP contribution in [0.15, 0.2) is 25.3 Å². The lowest BCUT2D eigenvalue weighted by Gasteiger charge is -2.18. The molecule has 0 fully saturated rings. The zero-order valence-electron chi connectivity index (χ0n) is 11.1. The minimum atomic E-state index is -1.15. The number of ether oxygens (including phenoxy) is 1. The molecule has 0 spiro atoms. The van der Waals surface area contributed by atoms with Crippen LogP contribution in [-0.2, 0) is 14.3 Å². The first kappa shape index (κ1) is 17.6. The predicted octanol–water partition coefficient (Wildman–Crippen LogP) is -0.756. The lowest BCUT2D eigenvalue weighted by Crippen LogP contribution is -2.41. The summed E-state index contributed by atoms with van der Waals surface area (Å²) in [7, 11) is 0. The minimum absolute atomic E-state index is 0.108. The van der Waals surface area contributed by atoms with Gasteiger partial charge in [-0.05, 0) is 12.2 Å². The van der Waals surface area contributed by atoms with Gasteiger partial charge < -0.3 is 25.8 Å². The second kappa shape index (κ2) is 10.6. The molecule has 8 nitrogen and oxygen atoms in total. The van der Waals surface area contributed by atoms with Crippen LogP contribution in [0.2, 0.25) is 0 Å². The number of rotatable bonds is 10. The van der Waals surface area contributed by atoms with E-state index in [4.69, 9.17) is 9.84 Å². The normalized spacial score (nSPS) is 9.65. The van der Waals surface area contributed by atoms with Gasteiger partial charge in [0.15, 0.2) is 0 Å². The number of nitrogens with one attached hydrogen (secondary N) is 3. The molecule has 0 saturated heterocycles. The van der Waals surface area contributed by atoms with Crippen LogP contribution in [0.1, 0.15) is 0 Å². The molecule has 20 heavy (non-hydrogen) atoms. The van der Waals surface area contributed by atoms with Gasteiger partial charge in [-0.1, -0.05) is 13.2 Å². The minimum Gasteiger partial charge on any atom is -0.465 e. The van der Waals surface area contributed by atoms with E-state index in [2.05, 4.69) is 29.1 Å². The van der Waals surface area contributed by atoms with Crippen LogP contribution in [0, 0.1) is 0 Å². The summed E-state index contributed by atoms with van der Waals surface area (Å²) in [4.78, 5) is 32.4. The third kappa shape index (κ3) is 9.66. The summed E-state index contributed by atoms with van der Waals surface area (Å²) in [6, 6.07) is 0. The van der Waals surface area contributed by atoms with Crippen LogP contribution in [-0.4, -0.2) is 55.4 Å². The average Bonchev–Trinajstić information content (AvgIpc) is 2.44. The maximum absolute atomic E-state index is 11.1. The van der Waals surface area contributed by atoms with E-state index in [1.807, 2.05) is 0 Å². The predicted molar refractivity (Wildman–Crippen MR) is 72.2 cm³/mol. The Hall–Kier alpha value is -2.35. The first-order chi connectivity index (χ1) is 9.49. The number of amides is 3. The Morgan fingerprint density at radius 2 is 1.55 bits per heavy atom. The Kier molecular flexibility index (Phi) is 9.32. The molecule has 0 unspecified atom stereocenters. The van der Waals surface area contributed by atoms with Crippen molar-refractivity contribution in [1.82, 2.24) is 16.0 Å². The molecule has 0 aromatic heterocycles. The Labute approximate surface area is 116 Å². The van der Waals surface area contributed by atoms with Gasteiger partial charge in [-0.25, -0.2) is 4.79 Å². The van der Waals surface area contributed by atoms with Gasteiger partial charge in [0.25, 0.3) is 0 Å². The Morgan fingerprint density at radius 3 is 1.95 bits per heavy atom. The van der Waals surface area contributed by atoms with Crippen molar-refractivity contribution in [2.45, 2.75) is 6.10 Å². The molecule has 0 atom stereocenters. The summed E-state index contributed by atoms with van der Waals surface area (Å²) in [6.07, 6.45) is 0.597. The second-order valence-corrected chi connectivity index (χ2v) is 3.62. The van der Waals surface area contributed by atoms with Crippen LogP contribution < -0.4 is 16.0 Å². The molecule has 0 aromatic rings. The zero-order chi connectivity index (χ0) is 15.4. The number of hydrogen-bond acceptors (Lipinski definition) is 4. The fraction of sp³-hybridized carbons (Fsp3) is 0.417. The molecule has 8 heteroatoms. The van der Waals surface area contributed by atoms with E-state index in [0.29, 0.717) is 0 Å². The third-order valence-electron chi connectivity index (χ3n) is 2.11. The first-order valence-corrected chi connectivity index (χ1v) is 5.88. The van der Waals surface area contributed by atoms with Crippen molar-refractivity contribution >= 4 is 17.9 Å². The highest BCUT2D eigenvalue weighted by Gasteiger charge is 2.11. The fourth-order valence-corrected chi connectivity index (χ4v) is 1.15. The van der Waals surface area contributed by atoms with E-state index in [0.717, 1.165) is 12.2 Å². The summed E-state index contributed by atoms with van der Waals surface area (Å²) < 4.78 is 5.36. The van der Waals surface area contributed by atoms with Crippen molar-refractivity contribution in [3.8, 4) is 0 Å². The molecule has 0 aromatic carbocycles. The quantitative estimate of drug-likeness (QED) is 0.311. The van der Waals surface area contributed by atoms with Crippen molar-refractivity contribution in [3.05, 3.63) is 25.3 Å². The Balaban J connectivity index is 4.12. The van der Waals surface area contributed by atoms with Gasteiger partial charge in [-0.3, -0.25) is 9.59 Å².